The topological polar surface area (TPSA) is 86.0 Å². The molecular formula is C16H15N3O4. The summed E-state index contributed by atoms with van der Waals surface area (Å²) < 4.78 is 12.5. The molecule has 0 radical (unpaired) electrons. The molecule has 1 N–H and O–H groups in total. The normalized spacial score (nSPS) is 10.7. The third-order valence-electron chi connectivity index (χ3n) is 3.47. The van der Waals surface area contributed by atoms with Crippen molar-refractivity contribution in [2.24, 2.45) is 0 Å². The standard InChI is InChI=1S/C16H15N3O4/c1-9-4-12(22-2)14(13(5-9)23-3)10-6-17-16-18-11(15(20)21)8-19(16)7-10/h4-8H,1-3H3,(H,20,21). The number of fused-ring (bicyclic) bond motifs is 1. The molecule has 0 aliphatic carbocycles. The van der Waals surface area contributed by atoms with E-state index in [-0.39, 0.29) is 5.69 Å². The molecule has 0 spiro atoms. The van der Waals surface area contributed by atoms with E-state index >= 15 is 0 Å². The molecule has 0 amide bonds. The van der Waals surface area contributed by atoms with Crippen LogP contribution >= 0.6 is 0 Å². The number of carbonyl (C=O) groups is 1. The van der Waals surface area contributed by atoms with Gasteiger partial charge in [0.1, 0.15) is 11.5 Å². The highest BCUT2D eigenvalue weighted by atomic mass is 16.5. The highest BCUT2D eigenvalue weighted by molar-refractivity contribution is 5.86. The maximum Gasteiger partial charge on any atom is 0.356 e. The molecule has 2 aromatic heterocycles. The largest absolute Gasteiger partial charge is 0.496 e. The van der Waals surface area contributed by atoms with Gasteiger partial charge in [0.15, 0.2) is 5.69 Å². The van der Waals surface area contributed by atoms with Crippen molar-refractivity contribution in [3.05, 3.63) is 42.0 Å². The Hall–Kier alpha value is -3.09. The minimum absolute atomic E-state index is 0.0579. The molecule has 118 valence electrons. The predicted octanol–water partition coefficient (Wildman–Crippen LogP) is 2.42. The zero-order valence-electron chi connectivity index (χ0n) is 12.9. The van der Waals surface area contributed by atoms with Crippen molar-refractivity contribution in [1.82, 2.24) is 14.4 Å². The third kappa shape index (κ3) is 2.57. The molecule has 0 unspecified atom stereocenters. The quantitative estimate of drug-likeness (QED) is 0.796. The molecule has 0 fully saturated rings. The van der Waals surface area contributed by atoms with Gasteiger partial charge in [-0.25, -0.2) is 14.8 Å². The Bertz CT molecular complexity index is 876. The van der Waals surface area contributed by atoms with Gasteiger partial charge in [0.25, 0.3) is 0 Å². The second kappa shape index (κ2) is 5.60. The highest BCUT2D eigenvalue weighted by Crippen LogP contribution is 2.39. The van der Waals surface area contributed by atoms with E-state index in [9.17, 15) is 4.79 Å². The zero-order valence-corrected chi connectivity index (χ0v) is 12.9. The van der Waals surface area contributed by atoms with E-state index < -0.39 is 5.97 Å². The average Bonchev–Trinajstić information content (AvgIpc) is 2.97. The molecule has 0 bridgehead atoms. The fraction of sp³-hybridized carbons (Fsp3) is 0.188. The lowest BCUT2D eigenvalue weighted by molar-refractivity contribution is 0.0691. The fourth-order valence-electron chi connectivity index (χ4n) is 2.44. The lowest BCUT2D eigenvalue weighted by atomic mass is 10.0. The van der Waals surface area contributed by atoms with Crippen LogP contribution in [0.3, 0.4) is 0 Å². The number of benzene rings is 1. The number of carboxylic acid groups (broad SMARTS) is 1. The number of imidazole rings is 1. The Labute approximate surface area is 132 Å². The van der Waals surface area contributed by atoms with Crippen LogP contribution in [0, 0.1) is 6.92 Å². The van der Waals surface area contributed by atoms with Crippen LogP contribution in [0.25, 0.3) is 16.9 Å². The Balaban J connectivity index is 2.22. The summed E-state index contributed by atoms with van der Waals surface area (Å²) in [7, 11) is 3.17. The van der Waals surface area contributed by atoms with Crippen molar-refractivity contribution < 1.29 is 19.4 Å². The Morgan fingerprint density at radius 3 is 2.39 bits per heavy atom. The summed E-state index contributed by atoms with van der Waals surface area (Å²) in [5.74, 6) is 0.530. The average molecular weight is 313 g/mol. The van der Waals surface area contributed by atoms with Gasteiger partial charge in [0.05, 0.1) is 19.8 Å². The first-order valence-electron chi connectivity index (χ1n) is 6.84. The fourth-order valence-corrected chi connectivity index (χ4v) is 2.44. The van der Waals surface area contributed by atoms with E-state index in [2.05, 4.69) is 9.97 Å². The van der Waals surface area contributed by atoms with Gasteiger partial charge in [-0.3, -0.25) is 4.40 Å². The van der Waals surface area contributed by atoms with Crippen LogP contribution in [0.15, 0.2) is 30.7 Å². The maximum atomic E-state index is 11.0. The summed E-state index contributed by atoms with van der Waals surface area (Å²) in [4.78, 5) is 19.2. The SMILES string of the molecule is COc1cc(C)cc(OC)c1-c1cnc2nc(C(=O)O)cn2c1. The highest BCUT2D eigenvalue weighted by Gasteiger charge is 2.16. The van der Waals surface area contributed by atoms with Crippen LogP contribution in [-0.2, 0) is 0 Å². The molecule has 2 heterocycles. The summed E-state index contributed by atoms with van der Waals surface area (Å²) in [6, 6.07) is 3.80. The molecule has 3 aromatic rings. The van der Waals surface area contributed by atoms with Crippen molar-refractivity contribution in [3.63, 3.8) is 0 Å². The van der Waals surface area contributed by atoms with E-state index in [1.54, 1.807) is 31.0 Å². The minimum atomic E-state index is -1.09. The van der Waals surface area contributed by atoms with Crippen LogP contribution in [0.2, 0.25) is 0 Å². The van der Waals surface area contributed by atoms with E-state index in [1.807, 2.05) is 19.1 Å². The maximum absolute atomic E-state index is 11.0. The summed E-state index contributed by atoms with van der Waals surface area (Å²) in [6.45, 7) is 1.95. The molecule has 3 rings (SSSR count). The summed E-state index contributed by atoms with van der Waals surface area (Å²) in [5.41, 5.74) is 2.44. The van der Waals surface area contributed by atoms with E-state index in [0.717, 1.165) is 16.7 Å². The molecule has 0 atom stereocenters. The van der Waals surface area contributed by atoms with Gasteiger partial charge < -0.3 is 14.6 Å². The van der Waals surface area contributed by atoms with E-state index in [4.69, 9.17) is 14.6 Å². The van der Waals surface area contributed by atoms with Crippen LogP contribution < -0.4 is 9.47 Å². The Kier molecular flexibility index (Phi) is 3.61. The van der Waals surface area contributed by atoms with Gasteiger partial charge in [-0.2, -0.15) is 0 Å². The predicted molar refractivity (Wildman–Crippen MR) is 83.2 cm³/mol. The monoisotopic (exact) mass is 313 g/mol. The summed E-state index contributed by atoms with van der Waals surface area (Å²) in [6.07, 6.45) is 4.78. The van der Waals surface area contributed by atoms with E-state index in [0.29, 0.717) is 17.3 Å². The number of hydrogen-bond acceptors (Lipinski definition) is 5. The van der Waals surface area contributed by atoms with Crippen molar-refractivity contribution in [2.45, 2.75) is 6.92 Å². The van der Waals surface area contributed by atoms with E-state index in [1.165, 1.54) is 6.20 Å². The number of methoxy groups -OCH3 is 2. The molecule has 0 aliphatic rings. The lowest BCUT2D eigenvalue weighted by Crippen LogP contribution is -1.96. The number of nitrogens with zero attached hydrogens (tertiary/aromatic N) is 3. The minimum Gasteiger partial charge on any atom is -0.496 e. The third-order valence-corrected chi connectivity index (χ3v) is 3.47. The molecule has 23 heavy (non-hydrogen) atoms. The van der Waals surface area contributed by atoms with Crippen LogP contribution in [0.4, 0.5) is 0 Å². The summed E-state index contributed by atoms with van der Waals surface area (Å²) >= 11 is 0. The number of aromatic carboxylic acids is 1. The molecule has 0 aliphatic heterocycles. The first-order chi connectivity index (χ1) is 11.0. The first-order valence-corrected chi connectivity index (χ1v) is 6.84. The summed E-state index contributed by atoms with van der Waals surface area (Å²) in [5, 5.41) is 9.02. The van der Waals surface area contributed by atoms with Crippen molar-refractivity contribution in [1.29, 1.82) is 0 Å². The molecule has 7 heteroatoms. The van der Waals surface area contributed by atoms with Gasteiger partial charge in [0, 0.05) is 24.2 Å². The van der Waals surface area contributed by atoms with Gasteiger partial charge in [-0.05, 0) is 24.6 Å². The van der Waals surface area contributed by atoms with Gasteiger partial charge in [-0.15, -0.1) is 0 Å². The van der Waals surface area contributed by atoms with Crippen LogP contribution in [0.5, 0.6) is 11.5 Å². The van der Waals surface area contributed by atoms with Crippen molar-refractivity contribution in [3.8, 4) is 22.6 Å². The molecule has 0 saturated heterocycles. The van der Waals surface area contributed by atoms with Crippen molar-refractivity contribution in [2.75, 3.05) is 14.2 Å². The number of aromatic nitrogens is 3. The number of aryl methyl sites for hydroxylation is 1. The second-order valence-corrected chi connectivity index (χ2v) is 5.03. The molecule has 7 nitrogen and oxygen atoms in total. The van der Waals surface area contributed by atoms with Crippen LogP contribution in [0.1, 0.15) is 16.1 Å². The smallest absolute Gasteiger partial charge is 0.356 e. The number of carboxylic acids is 1. The van der Waals surface area contributed by atoms with Crippen molar-refractivity contribution >= 4 is 11.7 Å². The van der Waals surface area contributed by atoms with Gasteiger partial charge in [-0.1, -0.05) is 0 Å². The lowest BCUT2D eigenvalue weighted by Gasteiger charge is -2.14. The second-order valence-electron chi connectivity index (χ2n) is 5.03. The Morgan fingerprint density at radius 1 is 1.17 bits per heavy atom. The van der Waals surface area contributed by atoms with Crippen LogP contribution in [-0.4, -0.2) is 39.7 Å². The number of hydrogen-bond donors (Lipinski definition) is 1. The van der Waals surface area contributed by atoms with Gasteiger partial charge in [0.2, 0.25) is 5.78 Å². The molecule has 0 saturated carbocycles. The molecular weight excluding hydrogens is 298 g/mol. The van der Waals surface area contributed by atoms with Gasteiger partial charge >= 0.3 is 5.97 Å². The Morgan fingerprint density at radius 2 is 1.83 bits per heavy atom. The zero-order chi connectivity index (χ0) is 16.6. The number of rotatable bonds is 4. The molecule has 1 aromatic carbocycles. The number of ether oxygens (including phenoxy) is 2. The first kappa shape index (κ1) is 14.8.